The van der Waals surface area contributed by atoms with Crippen LogP contribution in [0.2, 0.25) is 0 Å². The molecule has 0 aromatic heterocycles. The molecule has 1 aliphatic rings. The van der Waals surface area contributed by atoms with Gasteiger partial charge in [-0.25, -0.2) is 4.39 Å². The lowest BCUT2D eigenvalue weighted by Crippen LogP contribution is -2.19. The highest BCUT2D eigenvalue weighted by atomic mass is 79.9. The van der Waals surface area contributed by atoms with Gasteiger partial charge < -0.3 is 15.2 Å². The monoisotopic (exact) mass is 303 g/mol. The van der Waals surface area contributed by atoms with Gasteiger partial charge in [0.25, 0.3) is 0 Å². The van der Waals surface area contributed by atoms with Crippen molar-refractivity contribution in [2.45, 2.75) is 25.6 Å². The summed E-state index contributed by atoms with van der Waals surface area (Å²) in [5.41, 5.74) is 1.08. The second-order valence-corrected chi connectivity index (χ2v) is 4.97. The number of ether oxygens (including phenoxy) is 1. The van der Waals surface area contributed by atoms with Crippen molar-refractivity contribution in [1.82, 2.24) is 0 Å². The molecule has 0 spiro atoms. The van der Waals surface area contributed by atoms with Crippen molar-refractivity contribution in [2.75, 3.05) is 18.5 Å². The molecule has 0 saturated carbocycles. The van der Waals surface area contributed by atoms with Crippen LogP contribution in [-0.2, 0) is 11.3 Å². The molecular weight excluding hydrogens is 289 g/mol. The van der Waals surface area contributed by atoms with Crippen LogP contribution >= 0.6 is 15.9 Å². The Bertz CT molecular complexity index is 394. The average Bonchev–Trinajstić information content (AvgIpc) is 2.84. The molecule has 1 aliphatic heterocycles. The minimum Gasteiger partial charge on any atom is -0.392 e. The van der Waals surface area contributed by atoms with E-state index in [4.69, 9.17) is 9.84 Å². The van der Waals surface area contributed by atoms with Crippen LogP contribution in [0.1, 0.15) is 18.4 Å². The lowest BCUT2D eigenvalue weighted by molar-refractivity contribution is 0.120. The van der Waals surface area contributed by atoms with E-state index >= 15 is 0 Å². The SMILES string of the molecule is OCc1cc(Br)c(F)c(NCC2CCCO2)c1. The summed E-state index contributed by atoms with van der Waals surface area (Å²) in [7, 11) is 0. The number of nitrogens with one attached hydrogen (secondary N) is 1. The molecule has 1 saturated heterocycles. The van der Waals surface area contributed by atoms with Crippen LogP contribution in [0.25, 0.3) is 0 Å². The van der Waals surface area contributed by atoms with Crippen molar-refractivity contribution in [3.63, 3.8) is 0 Å². The Morgan fingerprint density at radius 2 is 2.35 bits per heavy atom. The molecule has 0 bridgehead atoms. The van der Waals surface area contributed by atoms with Crippen LogP contribution < -0.4 is 5.32 Å². The van der Waals surface area contributed by atoms with E-state index < -0.39 is 0 Å². The second-order valence-electron chi connectivity index (χ2n) is 4.11. The highest BCUT2D eigenvalue weighted by Gasteiger charge is 2.16. The van der Waals surface area contributed by atoms with Gasteiger partial charge in [0, 0.05) is 13.2 Å². The Labute approximate surface area is 108 Å². The van der Waals surface area contributed by atoms with Crippen molar-refractivity contribution >= 4 is 21.6 Å². The first-order valence-corrected chi connectivity index (χ1v) is 6.44. The molecule has 5 heteroatoms. The van der Waals surface area contributed by atoms with Crippen molar-refractivity contribution < 1.29 is 14.2 Å². The van der Waals surface area contributed by atoms with Gasteiger partial charge in [0.05, 0.1) is 22.9 Å². The largest absolute Gasteiger partial charge is 0.392 e. The Kier molecular flexibility index (Phi) is 4.36. The first kappa shape index (κ1) is 12.8. The Morgan fingerprint density at radius 1 is 1.53 bits per heavy atom. The van der Waals surface area contributed by atoms with Gasteiger partial charge in [-0.05, 0) is 46.5 Å². The normalized spacial score (nSPS) is 19.6. The fourth-order valence-corrected chi connectivity index (χ4v) is 2.40. The molecule has 0 radical (unpaired) electrons. The van der Waals surface area contributed by atoms with Crippen LogP contribution in [0.4, 0.5) is 10.1 Å². The average molecular weight is 304 g/mol. The van der Waals surface area contributed by atoms with E-state index in [1.54, 1.807) is 12.1 Å². The minimum atomic E-state index is -0.333. The molecule has 3 nitrogen and oxygen atoms in total. The highest BCUT2D eigenvalue weighted by Crippen LogP contribution is 2.26. The molecule has 2 N–H and O–H groups in total. The quantitative estimate of drug-likeness (QED) is 0.898. The van der Waals surface area contributed by atoms with E-state index in [0.29, 0.717) is 22.3 Å². The molecule has 2 rings (SSSR count). The van der Waals surface area contributed by atoms with E-state index in [0.717, 1.165) is 19.4 Å². The molecule has 1 unspecified atom stereocenters. The number of aliphatic hydroxyl groups is 1. The standard InChI is InChI=1S/C12H15BrFNO2/c13-10-4-8(7-16)5-11(12(10)14)15-6-9-2-1-3-17-9/h4-5,9,15-16H,1-3,6-7H2. The van der Waals surface area contributed by atoms with E-state index in [1.165, 1.54) is 0 Å². The van der Waals surface area contributed by atoms with Gasteiger partial charge in [-0.1, -0.05) is 0 Å². The molecule has 1 atom stereocenters. The summed E-state index contributed by atoms with van der Waals surface area (Å²) in [5, 5.41) is 12.1. The first-order chi connectivity index (χ1) is 8.20. The Hall–Kier alpha value is -0.650. The molecular formula is C12H15BrFNO2. The van der Waals surface area contributed by atoms with E-state index in [2.05, 4.69) is 21.2 Å². The maximum Gasteiger partial charge on any atom is 0.160 e. The lowest BCUT2D eigenvalue weighted by atomic mass is 10.2. The highest BCUT2D eigenvalue weighted by molar-refractivity contribution is 9.10. The summed E-state index contributed by atoms with van der Waals surface area (Å²) >= 11 is 3.13. The predicted octanol–water partition coefficient (Wildman–Crippen LogP) is 2.67. The zero-order valence-corrected chi connectivity index (χ0v) is 11.0. The van der Waals surface area contributed by atoms with E-state index in [1.807, 2.05) is 0 Å². The van der Waals surface area contributed by atoms with Gasteiger partial charge in [-0.2, -0.15) is 0 Å². The summed E-state index contributed by atoms with van der Waals surface area (Å²) in [4.78, 5) is 0. The number of benzene rings is 1. The number of hydrogen-bond donors (Lipinski definition) is 2. The number of halogens is 2. The van der Waals surface area contributed by atoms with Gasteiger partial charge in [-0.15, -0.1) is 0 Å². The van der Waals surface area contributed by atoms with Gasteiger partial charge in [0.1, 0.15) is 0 Å². The van der Waals surface area contributed by atoms with E-state index in [-0.39, 0.29) is 18.5 Å². The summed E-state index contributed by atoms with van der Waals surface area (Å²) in [6.07, 6.45) is 2.23. The molecule has 1 aromatic carbocycles. The zero-order valence-electron chi connectivity index (χ0n) is 9.38. The third kappa shape index (κ3) is 3.18. The van der Waals surface area contributed by atoms with Crippen LogP contribution in [0.5, 0.6) is 0 Å². The van der Waals surface area contributed by atoms with Crippen molar-refractivity contribution in [3.05, 3.63) is 28.0 Å². The number of hydrogen-bond acceptors (Lipinski definition) is 3. The molecule has 1 aromatic rings. The van der Waals surface area contributed by atoms with Crippen LogP contribution in [-0.4, -0.2) is 24.4 Å². The number of anilines is 1. The maximum atomic E-state index is 13.8. The second kappa shape index (κ2) is 5.80. The number of rotatable bonds is 4. The molecule has 1 fully saturated rings. The van der Waals surface area contributed by atoms with Crippen LogP contribution in [0.15, 0.2) is 16.6 Å². The zero-order chi connectivity index (χ0) is 12.3. The van der Waals surface area contributed by atoms with Gasteiger partial charge >= 0.3 is 0 Å². The summed E-state index contributed by atoms with van der Waals surface area (Å²) < 4.78 is 19.6. The lowest BCUT2D eigenvalue weighted by Gasteiger charge is -2.14. The Morgan fingerprint density at radius 3 is 3.00 bits per heavy atom. The smallest absolute Gasteiger partial charge is 0.160 e. The van der Waals surface area contributed by atoms with Gasteiger partial charge in [0.15, 0.2) is 5.82 Å². The fraction of sp³-hybridized carbons (Fsp3) is 0.500. The summed E-state index contributed by atoms with van der Waals surface area (Å²) in [5.74, 6) is -0.333. The van der Waals surface area contributed by atoms with Crippen molar-refractivity contribution in [1.29, 1.82) is 0 Å². The number of aliphatic hydroxyl groups excluding tert-OH is 1. The molecule has 0 aliphatic carbocycles. The topological polar surface area (TPSA) is 41.5 Å². The molecule has 0 amide bonds. The molecule has 94 valence electrons. The van der Waals surface area contributed by atoms with E-state index in [9.17, 15) is 4.39 Å². The molecule has 17 heavy (non-hydrogen) atoms. The van der Waals surface area contributed by atoms with Crippen molar-refractivity contribution in [3.8, 4) is 0 Å². The predicted molar refractivity (Wildman–Crippen MR) is 67.5 cm³/mol. The first-order valence-electron chi connectivity index (χ1n) is 5.65. The van der Waals surface area contributed by atoms with Gasteiger partial charge in [-0.3, -0.25) is 0 Å². The molecule has 1 heterocycles. The minimum absolute atomic E-state index is 0.104. The maximum absolute atomic E-state index is 13.8. The van der Waals surface area contributed by atoms with Crippen LogP contribution in [0, 0.1) is 5.82 Å². The van der Waals surface area contributed by atoms with Crippen LogP contribution in [0.3, 0.4) is 0 Å². The third-order valence-electron chi connectivity index (χ3n) is 2.81. The Balaban J connectivity index is 2.05. The summed E-state index contributed by atoms with van der Waals surface area (Å²) in [6, 6.07) is 3.20. The fourth-order valence-electron chi connectivity index (χ4n) is 1.89. The third-order valence-corrected chi connectivity index (χ3v) is 3.39. The summed E-state index contributed by atoms with van der Waals surface area (Å²) in [6.45, 7) is 1.28. The van der Waals surface area contributed by atoms with Crippen molar-refractivity contribution in [2.24, 2.45) is 0 Å². The van der Waals surface area contributed by atoms with Gasteiger partial charge in [0.2, 0.25) is 0 Å².